The number of anilines is 3. The summed E-state index contributed by atoms with van der Waals surface area (Å²) in [5, 5.41) is 3.42. The van der Waals surface area contributed by atoms with E-state index < -0.39 is 0 Å². The second-order valence-corrected chi connectivity index (χ2v) is 6.12. The number of nitrogens with zero attached hydrogens (tertiary/aromatic N) is 4. The molecule has 2 unspecified atom stereocenters. The Labute approximate surface area is 120 Å². The molecule has 0 radical (unpaired) electrons. The van der Waals surface area contributed by atoms with Crippen LogP contribution in [0.3, 0.4) is 0 Å². The van der Waals surface area contributed by atoms with Crippen molar-refractivity contribution in [1.82, 2.24) is 15.0 Å². The number of nitrogen functional groups attached to an aromatic ring is 1. The van der Waals surface area contributed by atoms with Crippen molar-refractivity contribution in [1.29, 1.82) is 0 Å². The number of nitrogens with two attached hydrogens (primary N) is 1. The quantitative estimate of drug-likeness (QED) is 0.879. The molecule has 2 aliphatic rings. The van der Waals surface area contributed by atoms with Gasteiger partial charge >= 0.3 is 0 Å². The standard InChI is InChI=1S/C14H24N6/c1-10-5-6-11(9-10)16-13-17-12(15)18-14(19-13)20-7-3-2-4-8-20/h10-11H,2-9H2,1H3,(H3,15,16,17,18,19). The van der Waals surface area contributed by atoms with Crippen LogP contribution in [0.15, 0.2) is 0 Å². The highest BCUT2D eigenvalue weighted by molar-refractivity contribution is 5.42. The number of nitrogens with one attached hydrogen (secondary N) is 1. The molecule has 6 heteroatoms. The maximum Gasteiger partial charge on any atom is 0.231 e. The van der Waals surface area contributed by atoms with Gasteiger partial charge in [-0.15, -0.1) is 0 Å². The summed E-state index contributed by atoms with van der Waals surface area (Å²) < 4.78 is 0. The van der Waals surface area contributed by atoms with E-state index in [1.54, 1.807) is 0 Å². The van der Waals surface area contributed by atoms with Gasteiger partial charge in [0.15, 0.2) is 0 Å². The Balaban J connectivity index is 1.72. The van der Waals surface area contributed by atoms with Crippen LogP contribution >= 0.6 is 0 Å². The van der Waals surface area contributed by atoms with Crippen molar-refractivity contribution in [3.05, 3.63) is 0 Å². The largest absolute Gasteiger partial charge is 0.368 e. The number of hydrogen-bond donors (Lipinski definition) is 2. The van der Waals surface area contributed by atoms with Crippen molar-refractivity contribution in [2.45, 2.75) is 51.5 Å². The summed E-state index contributed by atoms with van der Waals surface area (Å²) >= 11 is 0. The Morgan fingerprint density at radius 2 is 1.90 bits per heavy atom. The van der Waals surface area contributed by atoms with Crippen molar-refractivity contribution in [2.75, 3.05) is 29.0 Å². The smallest absolute Gasteiger partial charge is 0.231 e. The van der Waals surface area contributed by atoms with Crippen molar-refractivity contribution >= 4 is 17.8 Å². The number of rotatable bonds is 3. The summed E-state index contributed by atoms with van der Waals surface area (Å²) in [6.07, 6.45) is 7.35. The van der Waals surface area contributed by atoms with Crippen LogP contribution in [0.25, 0.3) is 0 Å². The van der Waals surface area contributed by atoms with E-state index in [4.69, 9.17) is 5.73 Å². The highest BCUT2D eigenvalue weighted by Gasteiger charge is 2.22. The predicted molar refractivity (Wildman–Crippen MR) is 80.7 cm³/mol. The summed E-state index contributed by atoms with van der Waals surface area (Å²) in [6.45, 7) is 4.33. The fourth-order valence-corrected chi connectivity index (χ4v) is 3.20. The Morgan fingerprint density at radius 3 is 2.60 bits per heavy atom. The van der Waals surface area contributed by atoms with E-state index in [9.17, 15) is 0 Å². The van der Waals surface area contributed by atoms with E-state index >= 15 is 0 Å². The minimum Gasteiger partial charge on any atom is -0.368 e. The van der Waals surface area contributed by atoms with Crippen molar-refractivity contribution in [3.8, 4) is 0 Å². The van der Waals surface area contributed by atoms with Crippen LogP contribution < -0.4 is 16.0 Å². The zero-order chi connectivity index (χ0) is 13.9. The van der Waals surface area contributed by atoms with E-state index in [0.717, 1.165) is 25.0 Å². The molecule has 1 aromatic heterocycles. The van der Waals surface area contributed by atoms with Gasteiger partial charge in [-0.25, -0.2) is 0 Å². The van der Waals surface area contributed by atoms with Gasteiger partial charge in [0.05, 0.1) is 0 Å². The molecule has 110 valence electrons. The molecule has 1 saturated carbocycles. The minimum absolute atomic E-state index is 0.314. The molecule has 0 aromatic carbocycles. The van der Waals surface area contributed by atoms with Gasteiger partial charge in [-0.1, -0.05) is 6.92 Å². The van der Waals surface area contributed by atoms with E-state index in [1.807, 2.05) is 0 Å². The third kappa shape index (κ3) is 3.11. The molecule has 2 atom stereocenters. The topological polar surface area (TPSA) is 80.0 Å². The van der Waals surface area contributed by atoms with Crippen LogP contribution in [0, 0.1) is 5.92 Å². The third-order valence-corrected chi connectivity index (χ3v) is 4.31. The molecule has 1 aliphatic carbocycles. The normalized spacial score (nSPS) is 26.8. The number of piperidine rings is 1. The molecule has 2 heterocycles. The molecule has 2 fully saturated rings. The van der Waals surface area contributed by atoms with Crippen molar-refractivity contribution in [3.63, 3.8) is 0 Å². The van der Waals surface area contributed by atoms with Gasteiger partial charge in [-0.05, 0) is 44.4 Å². The van der Waals surface area contributed by atoms with E-state index in [2.05, 4.69) is 32.1 Å². The van der Waals surface area contributed by atoms with Gasteiger partial charge < -0.3 is 16.0 Å². The van der Waals surface area contributed by atoms with Crippen molar-refractivity contribution < 1.29 is 0 Å². The third-order valence-electron chi connectivity index (χ3n) is 4.31. The first kappa shape index (κ1) is 13.4. The number of aromatic nitrogens is 3. The van der Waals surface area contributed by atoms with Crippen LogP contribution in [0.5, 0.6) is 0 Å². The maximum absolute atomic E-state index is 5.84. The zero-order valence-corrected chi connectivity index (χ0v) is 12.2. The molecule has 1 aromatic rings. The molecule has 6 nitrogen and oxygen atoms in total. The molecular weight excluding hydrogens is 252 g/mol. The first-order valence-electron chi connectivity index (χ1n) is 7.74. The van der Waals surface area contributed by atoms with E-state index in [0.29, 0.717) is 17.9 Å². The monoisotopic (exact) mass is 276 g/mol. The minimum atomic E-state index is 0.314. The predicted octanol–water partition coefficient (Wildman–Crippen LogP) is 2.04. The fourth-order valence-electron chi connectivity index (χ4n) is 3.20. The first-order valence-corrected chi connectivity index (χ1v) is 7.74. The average molecular weight is 276 g/mol. The Bertz CT molecular complexity index is 457. The van der Waals surface area contributed by atoms with Crippen LogP contribution in [0.2, 0.25) is 0 Å². The van der Waals surface area contributed by atoms with Crippen LogP contribution in [0.1, 0.15) is 45.4 Å². The lowest BCUT2D eigenvalue weighted by Crippen LogP contribution is -2.32. The highest BCUT2D eigenvalue weighted by atomic mass is 15.3. The lowest BCUT2D eigenvalue weighted by molar-refractivity contribution is 0.567. The van der Waals surface area contributed by atoms with Gasteiger partial charge in [-0.3, -0.25) is 0 Å². The molecule has 20 heavy (non-hydrogen) atoms. The van der Waals surface area contributed by atoms with Gasteiger partial charge in [-0.2, -0.15) is 15.0 Å². The Hall–Kier alpha value is -1.59. The fraction of sp³-hybridized carbons (Fsp3) is 0.786. The summed E-state index contributed by atoms with van der Waals surface area (Å²) in [7, 11) is 0. The Kier molecular flexibility index (Phi) is 3.89. The molecular formula is C14H24N6. The van der Waals surface area contributed by atoms with Gasteiger partial charge in [0.25, 0.3) is 0 Å². The average Bonchev–Trinajstić information content (AvgIpc) is 2.84. The molecule has 0 spiro atoms. The Morgan fingerprint density at radius 1 is 1.10 bits per heavy atom. The molecule has 1 aliphatic heterocycles. The highest BCUT2D eigenvalue weighted by Crippen LogP contribution is 2.27. The second-order valence-electron chi connectivity index (χ2n) is 6.12. The van der Waals surface area contributed by atoms with E-state index in [-0.39, 0.29) is 0 Å². The summed E-state index contributed by atoms with van der Waals surface area (Å²) in [5.41, 5.74) is 5.84. The van der Waals surface area contributed by atoms with Crippen LogP contribution in [-0.2, 0) is 0 Å². The summed E-state index contributed by atoms with van der Waals surface area (Å²) in [5.74, 6) is 2.46. The van der Waals surface area contributed by atoms with E-state index in [1.165, 1.54) is 38.5 Å². The second kappa shape index (κ2) is 5.81. The molecule has 3 rings (SSSR count). The van der Waals surface area contributed by atoms with Gasteiger partial charge in [0.2, 0.25) is 17.8 Å². The van der Waals surface area contributed by atoms with Gasteiger partial charge in [0.1, 0.15) is 0 Å². The molecule has 3 N–H and O–H groups in total. The molecule has 0 bridgehead atoms. The lowest BCUT2D eigenvalue weighted by atomic mass is 10.1. The van der Waals surface area contributed by atoms with Crippen molar-refractivity contribution in [2.24, 2.45) is 5.92 Å². The first-order chi connectivity index (χ1) is 9.70. The molecule has 1 saturated heterocycles. The van der Waals surface area contributed by atoms with Gasteiger partial charge in [0, 0.05) is 19.1 Å². The summed E-state index contributed by atoms with van der Waals surface area (Å²) in [6, 6.07) is 0.473. The summed E-state index contributed by atoms with van der Waals surface area (Å²) in [4.78, 5) is 15.3. The van der Waals surface area contributed by atoms with Crippen LogP contribution in [-0.4, -0.2) is 34.1 Å². The van der Waals surface area contributed by atoms with Crippen LogP contribution in [0.4, 0.5) is 17.8 Å². The zero-order valence-electron chi connectivity index (χ0n) is 12.2. The lowest BCUT2D eigenvalue weighted by Gasteiger charge is -2.27. The molecule has 0 amide bonds. The maximum atomic E-state index is 5.84. The SMILES string of the molecule is CC1CCC(Nc2nc(N)nc(N3CCCCC3)n2)C1. The number of hydrogen-bond acceptors (Lipinski definition) is 6.